The van der Waals surface area contributed by atoms with Crippen LogP contribution in [-0.2, 0) is 9.63 Å². The lowest BCUT2D eigenvalue weighted by molar-refractivity contribution is -0.153. The molecule has 3 heteroatoms. The molecule has 1 atom stereocenters. The van der Waals surface area contributed by atoms with E-state index in [4.69, 9.17) is 4.84 Å². The Hall–Kier alpha value is -0.860. The maximum atomic E-state index is 11.7. The van der Waals surface area contributed by atoms with Crippen molar-refractivity contribution in [2.45, 2.75) is 85.5 Å². The molecule has 0 bridgehead atoms. The summed E-state index contributed by atoms with van der Waals surface area (Å²) < 4.78 is 0. The molecular formula is C17H31NO2. The van der Waals surface area contributed by atoms with Gasteiger partial charge in [-0.3, -0.25) is 0 Å². The average Bonchev–Trinajstić information content (AvgIpc) is 2.82. The van der Waals surface area contributed by atoms with E-state index < -0.39 is 5.41 Å². The van der Waals surface area contributed by atoms with Crippen molar-refractivity contribution in [3.8, 4) is 0 Å². The van der Waals surface area contributed by atoms with Gasteiger partial charge in [0, 0.05) is 5.92 Å². The van der Waals surface area contributed by atoms with Crippen LogP contribution in [0.2, 0.25) is 0 Å². The fourth-order valence-corrected chi connectivity index (χ4v) is 2.56. The second kappa shape index (κ2) is 8.43. The van der Waals surface area contributed by atoms with Crippen LogP contribution in [0.5, 0.6) is 0 Å². The van der Waals surface area contributed by atoms with Gasteiger partial charge in [-0.1, -0.05) is 44.2 Å². The fraction of sp³-hybridized carbons (Fsp3) is 0.882. The minimum absolute atomic E-state index is 0.237. The highest BCUT2D eigenvalue weighted by Gasteiger charge is 2.26. The quantitative estimate of drug-likeness (QED) is 0.370. The molecular weight excluding hydrogens is 250 g/mol. The van der Waals surface area contributed by atoms with Crippen LogP contribution in [0.25, 0.3) is 0 Å². The number of rotatable bonds is 7. The standard InChI is InChI=1S/C17H31NO2/c1-5-6-7-8-9-11-14-12-10-13-15(14)18-20-16(19)17(2,3)4/h14H,5-13H2,1-4H3/t14-/m1/s1. The van der Waals surface area contributed by atoms with Gasteiger partial charge in [0.25, 0.3) is 0 Å². The molecule has 0 spiro atoms. The highest BCUT2D eigenvalue weighted by molar-refractivity contribution is 5.88. The van der Waals surface area contributed by atoms with Gasteiger partial charge in [0.05, 0.1) is 11.1 Å². The highest BCUT2D eigenvalue weighted by atomic mass is 16.7. The smallest absolute Gasteiger partial charge is 0.318 e. The summed E-state index contributed by atoms with van der Waals surface area (Å²) in [7, 11) is 0. The van der Waals surface area contributed by atoms with Gasteiger partial charge >= 0.3 is 5.97 Å². The van der Waals surface area contributed by atoms with E-state index in [0.29, 0.717) is 5.92 Å². The Balaban J connectivity index is 2.35. The van der Waals surface area contributed by atoms with Gasteiger partial charge < -0.3 is 4.84 Å². The van der Waals surface area contributed by atoms with E-state index in [2.05, 4.69) is 12.1 Å². The van der Waals surface area contributed by atoms with Crippen molar-refractivity contribution in [2.75, 3.05) is 0 Å². The SMILES string of the molecule is CCCCCCC[C@@H]1CCCC1=NOC(=O)C(C)(C)C. The number of unbranched alkanes of at least 4 members (excludes halogenated alkanes) is 4. The molecule has 3 nitrogen and oxygen atoms in total. The fourth-order valence-electron chi connectivity index (χ4n) is 2.56. The molecule has 1 fully saturated rings. The van der Waals surface area contributed by atoms with Crippen molar-refractivity contribution >= 4 is 11.7 Å². The van der Waals surface area contributed by atoms with Gasteiger partial charge in [0.2, 0.25) is 0 Å². The van der Waals surface area contributed by atoms with Crippen LogP contribution in [0, 0.1) is 11.3 Å². The number of nitrogens with zero attached hydrogens (tertiary/aromatic N) is 1. The number of hydrogen-bond acceptors (Lipinski definition) is 3. The first-order chi connectivity index (χ1) is 9.45. The Morgan fingerprint density at radius 3 is 2.60 bits per heavy atom. The van der Waals surface area contributed by atoms with E-state index in [1.165, 1.54) is 51.4 Å². The van der Waals surface area contributed by atoms with Crippen LogP contribution in [-0.4, -0.2) is 11.7 Å². The Labute approximate surface area is 124 Å². The first-order valence-electron chi connectivity index (χ1n) is 8.23. The van der Waals surface area contributed by atoms with Crippen LogP contribution >= 0.6 is 0 Å². The van der Waals surface area contributed by atoms with Gasteiger partial charge in [-0.15, -0.1) is 0 Å². The summed E-state index contributed by atoms with van der Waals surface area (Å²) in [5.41, 5.74) is 0.635. The molecule has 0 heterocycles. The van der Waals surface area contributed by atoms with Crippen molar-refractivity contribution in [2.24, 2.45) is 16.5 Å². The van der Waals surface area contributed by atoms with Crippen LogP contribution in [0.4, 0.5) is 0 Å². The van der Waals surface area contributed by atoms with Gasteiger partial charge in [0.15, 0.2) is 0 Å². The monoisotopic (exact) mass is 281 g/mol. The zero-order valence-corrected chi connectivity index (χ0v) is 13.7. The van der Waals surface area contributed by atoms with Crippen molar-refractivity contribution < 1.29 is 9.63 Å². The number of carbonyl (C=O) groups excluding carboxylic acids is 1. The second-order valence-electron chi connectivity index (χ2n) is 7.00. The van der Waals surface area contributed by atoms with Crippen molar-refractivity contribution in [3.05, 3.63) is 0 Å². The molecule has 0 aromatic carbocycles. The molecule has 0 aliphatic heterocycles. The van der Waals surface area contributed by atoms with Crippen molar-refractivity contribution in [3.63, 3.8) is 0 Å². The van der Waals surface area contributed by atoms with Crippen LogP contribution in [0.1, 0.15) is 85.5 Å². The summed E-state index contributed by atoms with van der Waals surface area (Å²) >= 11 is 0. The number of carbonyl (C=O) groups is 1. The lowest BCUT2D eigenvalue weighted by Gasteiger charge is -2.14. The molecule has 1 aliphatic carbocycles. The zero-order valence-electron chi connectivity index (χ0n) is 13.7. The van der Waals surface area contributed by atoms with Crippen LogP contribution in [0.3, 0.4) is 0 Å². The summed E-state index contributed by atoms with van der Waals surface area (Å²) in [5, 5.41) is 4.15. The highest BCUT2D eigenvalue weighted by Crippen LogP contribution is 2.28. The Morgan fingerprint density at radius 2 is 1.95 bits per heavy atom. The van der Waals surface area contributed by atoms with E-state index in [-0.39, 0.29) is 5.97 Å². The van der Waals surface area contributed by atoms with Gasteiger partial charge in [-0.25, -0.2) is 4.79 Å². The molecule has 0 saturated heterocycles. The first kappa shape index (κ1) is 17.2. The minimum atomic E-state index is -0.474. The molecule has 1 rings (SSSR count). The average molecular weight is 281 g/mol. The molecule has 0 aromatic rings. The molecule has 0 radical (unpaired) electrons. The Kier molecular flexibility index (Phi) is 7.25. The predicted molar refractivity (Wildman–Crippen MR) is 83.7 cm³/mol. The Bertz CT molecular complexity index is 328. The zero-order chi connectivity index (χ0) is 15.0. The maximum absolute atomic E-state index is 11.7. The second-order valence-corrected chi connectivity index (χ2v) is 7.00. The van der Waals surface area contributed by atoms with Crippen molar-refractivity contribution in [1.82, 2.24) is 0 Å². The first-order valence-corrected chi connectivity index (χ1v) is 8.23. The summed E-state index contributed by atoms with van der Waals surface area (Å²) in [5.74, 6) is 0.308. The van der Waals surface area contributed by atoms with Crippen LogP contribution < -0.4 is 0 Å². The van der Waals surface area contributed by atoms with Crippen LogP contribution in [0.15, 0.2) is 5.16 Å². The normalized spacial score (nSPS) is 21.4. The van der Waals surface area contributed by atoms with E-state index in [9.17, 15) is 4.79 Å². The number of oxime groups is 1. The van der Waals surface area contributed by atoms with E-state index in [1.54, 1.807) is 0 Å². The lowest BCUT2D eigenvalue weighted by Crippen LogP contribution is -2.22. The minimum Gasteiger partial charge on any atom is -0.318 e. The summed E-state index contributed by atoms with van der Waals surface area (Å²) in [4.78, 5) is 16.8. The largest absolute Gasteiger partial charge is 0.340 e. The van der Waals surface area contributed by atoms with Gasteiger partial charge in [0.1, 0.15) is 0 Å². The molecule has 1 aliphatic rings. The summed E-state index contributed by atoms with van der Waals surface area (Å²) in [6.07, 6.45) is 11.2. The molecule has 20 heavy (non-hydrogen) atoms. The summed E-state index contributed by atoms with van der Waals surface area (Å²) in [6.45, 7) is 7.81. The lowest BCUT2D eigenvalue weighted by atomic mass is 9.97. The van der Waals surface area contributed by atoms with E-state index in [1.807, 2.05) is 20.8 Å². The van der Waals surface area contributed by atoms with E-state index in [0.717, 1.165) is 12.1 Å². The molecule has 0 unspecified atom stereocenters. The maximum Gasteiger partial charge on any atom is 0.340 e. The molecule has 1 saturated carbocycles. The number of hydrogen-bond donors (Lipinski definition) is 0. The third-order valence-corrected chi connectivity index (χ3v) is 3.97. The molecule has 0 aromatic heterocycles. The van der Waals surface area contributed by atoms with Crippen molar-refractivity contribution in [1.29, 1.82) is 0 Å². The predicted octanol–water partition coefficient (Wildman–Crippen LogP) is 5.09. The van der Waals surface area contributed by atoms with Gasteiger partial charge in [-0.2, -0.15) is 0 Å². The topological polar surface area (TPSA) is 38.7 Å². The Morgan fingerprint density at radius 1 is 1.25 bits per heavy atom. The van der Waals surface area contributed by atoms with Gasteiger partial charge in [-0.05, 0) is 46.5 Å². The third kappa shape index (κ3) is 6.06. The third-order valence-electron chi connectivity index (χ3n) is 3.97. The molecule has 0 amide bonds. The molecule has 116 valence electrons. The molecule has 0 N–H and O–H groups in total. The van der Waals surface area contributed by atoms with E-state index >= 15 is 0 Å². The summed E-state index contributed by atoms with van der Waals surface area (Å²) in [6, 6.07) is 0.